The molecule has 0 bridgehead atoms. The van der Waals surface area contributed by atoms with Crippen LogP contribution in [0.5, 0.6) is 5.88 Å². The lowest BCUT2D eigenvalue weighted by Crippen LogP contribution is -2.20. The molecule has 1 aromatic heterocycles. The Morgan fingerprint density at radius 3 is 2.80 bits per heavy atom. The first-order chi connectivity index (χ1) is 11.9. The van der Waals surface area contributed by atoms with Crippen molar-refractivity contribution in [1.29, 1.82) is 0 Å². The normalized spacial score (nSPS) is 15.7. The van der Waals surface area contributed by atoms with E-state index < -0.39 is 12.0 Å². The number of aliphatic imine (C=N–C) groups is 1. The summed E-state index contributed by atoms with van der Waals surface area (Å²) in [5, 5.41) is 20.1. The highest BCUT2D eigenvalue weighted by molar-refractivity contribution is 7.73. The maximum absolute atomic E-state index is 11.6. The molecule has 1 aliphatic rings. The van der Waals surface area contributed by atoms with E-state index in [1.807, 2.05) is 38.1 Å². The first-order valence-corrected chi connectivity index (χ1v) is 9.13. The van der Waals surface area contributed by atoms with Gasteiger partial charge >= 0.3 is 5.97 Å². The summed E-state index contributed by atoms with van der Waals surface area (Å²) in [4.78, 5) is 16.5. The van der Waals surface area contributed by atoms with Crippen LogP contribution in [0.25, 0.3) is 11.6 Å². The van der Waals surface area contributed by atoms with Gasteiger partial charge in [-0.15, -0.1) is 11.3 Å². The highest BCUT2D eigenvalue weighted by Crippen LogP contribution is 2.37. The monoisotopic (exact) mass is 374 g/mol. The van der Waals surface area contributed by atoms with Gasteiger partial charge in [-0.25, -0.2) is 4.79 Å². The van der Waals surface area contributed by atoms with Crippen molar-refractivity contribution < 1.29 is 15.0 Å². The molecule has 2 heterocycles. The van der Waals surface area contributed by atoms with Gasteiger partial charge in [0.1, 0.15) is 6.04 Å². The third kappa shape index (κ3) is 3.43. The van der Waals surface area contributed by atoms with Crippen LogP contribution in [0.3, 0.4) is 0 Å². The number of thiazole rings is 1. The summed E-state index contributed by atoms with van der Waals surface area (Å²) in [7, 11) is 0. The number of carbonyl (C=O) groups is 1. The Morgan fingerprint density at radius 1 is 1.40 bits per heavy atom. The largest absolute Gasteiger partial charge is 0.493 e. The van der Waals surface area contributed by atoms with Crippen molar-refractivity contribution >= 4 is 53.1 Å². The molecule has 3 rings (SSSR count). The summed E-state index contributed by atoms with van der Waals surface area (Å²) in [6, 6.07) is 6.85. The molecule has 0 saturated heterocycles. The van der Waals surface area contributed by atoms with Crippen molar-refractivity contribution in [2.75, 3.05) is 0 Å². The van der Waals surface area contributed by atoms with Crippen LogP contribution in [-0.2, 0) is 4.79 Å². The maximum atomic E-state index is 11.6. The van der Waals surface area contributed by atoms with E-state index in [9.17, 15) is 15.0 Å². The molecule has 0 saturated carbocycles. The molecule has 0 fully saturated rings. The number of hydrogen-bond donors (Lipinski definition) is 2. The molecule has 5 nitrogen and oxygen atoms in total. The van der Waals surface area contributed by atoms with E-state index >= 15 is 0 Å². The number of carboxylic acid groups (broad SMARTS) is 1. The number of benzene rings is 1. The maximum Gasteiger partial charge on any atom is 0.326 e. The zero-order chi connectivity index (χ0) is 18.1. The Labute approximate surface area is 154 Å². The standard InChI is InChI=1S/C18H18N2O3S2/c1-10(2)7-14(17(22)23)20-16(21)15(25-18(20)24)8-11-9-19-13-6-4-3-5-12(11)13/h3-6,8-10,14,21H,7H2,1-2H3,(H,22,23)/t14-/m0/s1. The summed E-state index contributed by atoms with van der Waals surface area (Å²) in [6.07, 6.45) is 3.93. The van der Waals surface area contributed by atoms with Crippen molar-refractivity contribution in [1.82, 2.24) is 4.57 Å². The van der Waals surface area contributed by atoms with Crippen LogP contribution in [0.2, 0.25) is 0 Å². The molecule has 0 unspecified atom stereocenters. The highest BCUT2D eigenvalue weighted by Gasteiger charge is 2.26. The van der Waals surface area contributed by atoms with E-state index in [0.29, 0.717) is 15.3 Å². The molecule has 2 N–H and O–H groups in total. The van der Waals surface area contributed by atoms with Gasteiger partial charge in [0.25, 0.3) is 0 Å². The second-order valence-corrected chi connectivity index (χ2v) is 7.96. The molecule has 7 heteroatoms. The minimum Gasteiger partial charge on any atom is -0.493 e. The van der Waals surface area contributed by atoms with E-state index in [1.54, 1.807) is 12.3 Å². The number of rotatable bonds is 5. The first kappa shape index (κ1) is 17.6. The lowest BCUT2D eigenvalue weighted by atomic mass is 10.0. The summed E-state index contributed by atoms with van der Waals surface area (Å²) < 4.78 is 1.69. The molecule has 1 aliphatic heterocycles. The lowest BCUT2D eigenvalue weighted by molar-refractivity contribution is -0.141. The van der Waals surface area contributed by atoms with Crippen LogP contribution in [0.1, 0.15) is 36.8 Å². The van der Waals surface area contributed by atoms with Crippen molar-refractivity contribution in [3.63, 3.8) is 0 Å². The fraction of sp³-hybridized carbons (Fsp3) is 0.278. The SMILES string of the molecule is CC(C)C[C@@H](C(=O)O)n1c(O)c(C=C2C=Nc3ccccc32)sc1=S. The van der Waals surface area contributed by atoms with Gasteiger partial charge in [0, 0.05) is 17.4 Å². The zero-order valence-electron chi connectivity index (χ0n) is 13.8. The van der Waals surface area contributed by atoms with Crippen molar-refractivity contribution in [2.24, 2.45) is 10.9 Å². The molecule has 25 heavy (non-hydrogen) atoms. The fourth-order valence-electron chi connectivity index (χ4n) is 2.82. The predicted octanol–water partition coefficient (Wildman–Crippen LogP) is 4.91. The Hall–Kier alpha value is -2.25. The number of aliphatic carboxylic acids is 1. The van der Waals surface area contributed by atoms with E-state index in [4.69, 9.17) is 12.2 Å². The number of nitrogens with zero attached hydrogens (tertiary/aromatic N) is 2. The molecular formula is C18H18N2O3S2. The summed E-state index contributed by atoms with van der Waals surface area (Å²) >= 11 is 6.52. The Balaban J connectivity index is 2.04. The third-order valence-corrected chi connectivity index (χ3v) is 5.32. The van der Waals surface area contributed by atoms with Gasteiger partial charge in [-0.05, 0) is 36.7 Å². The van der Waals surface area contributed by atoms with Crippen LogP contribution in [-0.4, -0.2) is 27.0 Å². The zero-order valence-corrected chi connectivity index (χ0v) is 15.5. The molecule has 0 radical (unpaired) electrons. The number of para-hydroxylation sites is 1. The van der Waals surface area contributed by atoms with E-state index in [-0.39, 0.29) is 11.8 Å². The molecule has 0 amide bonds. The number of aromatic hydroxyl groups is 1. The second kappa shape index (κ2) is 6.93. The van der Waals surface area contributed by atoms with Gasteiger partial charge in [0.15, 0.2) is 3.95 Å². The first-order valence-electron chi connectivity index (χ1n) is 7.90. The van der Waals surface area contributed by atoms with E-state index in [2.05, 4.69) is 4.99 Å². The predicted molar refractivity (Wildman–Crippen MR) is 103 cm³/mol. The lowest BCUT2D eigenvalue weighted by Gasteiger charge is -2.17. The van der Waals surface area contributed by atoms with Crippen LogP contribution in [0, 0.1) is 9.87 Å². The average Bonchev–Trinajstić information content (AvgIpc) is 3.07. The van der Waals surface area contributed by atoms with Gasteiger partial charge in [-0.1, -0.05) is 32.0 Å². The van der Waals surface area contributed by atoms with Gasteiger partial charge < -0.3 is 10.2 Å². The van der Waals surface area contributed by atoms with Crippen molar-refractivity contribution in [3.8, 4) is 5.88 Å². The molecular weight excluding hydrogens is 356 g/mol. The number of carboxylic acids is 1. The van der Waals surface area contributed by atoms with Crippen LogP contribution < -0.4 is 0 Å². The minimum atomic E-state index is -0.995. The quantitative estimate of drug-likeness (QED) is 0.729. The topological polar surface area (TPSA) is 74.8 Å². The van der Waals surface area contributed by atoms with E-state index in [0.717, 1.165) is 16.8 Å². The van der Waals surface area contributed by atoms with Crippen LogP contribution >= 0.6 is 23.6 Å². The molecule has 130 valence electrons. The molecule has 1 atom stereocenters. The average molecular weight is 374 g/mol. The summed E-state index contributed by atoms with van der Waals surface area (Å²) in [6.45, 7) is 3.88. The number of aromatic nitrogens is 1. The smallest absolute Gasteiger partial charge is 0.326 e. The number of allylic oxidation sites excluding steroid dienone is 1. The Kier molecular flexibility index (Phi) is 4.87. The van der Waals surface area contributed by atoms with Crippen LogP contribution in [0.15, 0.2) is 29.3 Å². The fourth-order valence-corrected chi connectivity index (χ4v) is 4.18. The number of hydrogen-bond acceptors (Lipinski definition) is 5. The third-order valence-electron chi connectivity index (χ3n) is 3.98. The molecule has 0 aliphatic carbocycles. The van der Waals surface area contributed by atoms with Gasteiger partial charge in [-0.2, -0.15) is 0 Å². The van der Waals surface area contributed by atoms with Crippen molar-refractivity contribution in [3.05, 3.63) is 38.7 Å². The number of fused-ring (bicyclic) bond motifs is 1. The molecule has 0 spiro atoms. The second-order valence-electron chi connectivity index (χ2n) is 6.28. The highest BCUT2D eigenvalue weighted by atomic mass is 32.1. The summed E-state index contributed by atoms with van der Waals surface area (Å²) in [5.41, 5.74) is 2.72. The van der Waals surface area contributed by atoms with Gasteiger partial charge in [0.2, 0.25) is 5.88 Å². The van der Waals surface area contributed by atoms with Crippen molar-refractivity contribution in [2.45, 2.75) is 26.3 Å². The molecule has 2 aromatic rings. The Morgan fingerprint density at radius 2 is 2.12 bits per heavy atom. The van der Waals surface area contributed by atoms with Gasteiger partial charge in [0.05, 0.1) is 10.6 Å². The van der Waals surface area contributed by atoms with Gasteiger partial charge in [-0.3, -0.25) is 9.56 Å². The van der Waals surface area contributed by atoms with Crippen LogP contribution in [0.4, 0.5) is 5.69 Å². The molecule has 1 aromatic carbocycles. The summed E-state index contributed by atoms with van der Waals surface area (Å²) in [5.74, 6) is -0.934. The minimum absolute atomic E-state index is 0.103. The Bertz CT molecular complexity index is 938. The van der Waals surface area contributed by atoms with E-state index in [1.165, 1.54) is 15.9 Å².